The lowest BCUT2D eigenvalue weighted by Crippen LogP contribution is -2.41. The van der Waals surface area contributed by atoms with E-state index in [1.54, 1.807) is 0 Å². The lowest BCUT2D eigenvalue weighted by Gasteiger charge is -2.12. The number of benzene rings is 2. The molecular formula is C21H20F2N4O5S. The monoisotopic (exact) mass is 478 g/mol. The van der Waals surface area contributed by atoms with Gasteiger partial charge in [-0.3, -0.25) is 20.4 Å². The van der Waals surface area contributed by atoms with E-state index in [1.165, 1.54) is 50.6 Å². The molecule has 12 heteroatoms. The molecule has 33 heavy (non-hydrogen) atoms. The predicted octanol–water partition coefficient (Wildman–Crippen LogP) is 2.26. The van der Waals surface area contributed by atoms with Crippen LogP contribution in [-0.2, 0) is 21.2 Å². The summed E-state index contributed by atoms with van der Waals surface area (Å²) >= 11 is 0. The van der Waals surface area contributed by atoms with Crippen LogP contribution in [0.25, 0.3) is 11.3 Å². The van der Waals surface area contributed by atoms with E-state index >= 15 is 0 Å². The second-order valence-corrected chi connectivity index (χ2v) is 9.21. The van der Waals surface area contributed by atoms with Crippen LogP contribution in [0, 0.1) is 11.6 Å². The zero-order valence-electron chi connectivity index (χ0n) is 17.6. The molecule has 2 amide bonds. The van der Waals surface area contributed by atoms with Crippen molar-refractivity contribution in [1.29, 1.82) is 0 Å². The molecule has 1 aromatic heterocycles. The fourth-order valence-corrected chi connectivity index (χ4v) is 3.68. The van der Waals surface area contributed by atoms with Gasteiger partial charge < -0.3 is 4.42 Å². The Kier molecular flexibility index (Phi) is 7.19. The molecule has 2 aromatic carbocycles. The first-order valence-corrected chi connectivity index (χ1v) is 11.0. The fourth-order valence-electron chi connectivity index (χ4n) is 2.73. The third-order valence-electron chi connectivity index (χ3n) is 4.51. The molecule has 0 aliphatic carbocycles. The van der Waals surface area contributed by atoms with E-state index < -0.39 is 33.5 Å². The van der Waals surface area contributed by atoms with Crippen molar-refractivity contribution in [3.63, 3.8) is 0 Å². The summed E-state index contributed by atoms with van der Waals surface area (Å²) in [5.74, 6) is -2.56. The minimum Gasteiger partial charge on any atom is -0.441 e. The van der Waals surface area contributed by atoms with Gasteiger partial charge in [-0.15, -0.1) is 0 Å². The van der Waals surface area contributed by atoms with Crippen molar-refractivity contribution in [2.24, 2.45) is 0 Å². The number of hydrogen-bond acceptors (Lipinski definition) is 6. The number of carbonyl (C=O) groups excluding carboxylic acids is 2. The molecule has 0 radical (unpaired) electrons. The molecule has 2 N–H and O–H groups in total. The van der Waals surface area contributed by atoms with Crippen LogP contribution in [0.5, 0.6) is 0 Å². The molecule has 1 heterocycles. The number of rotatable bonds is 7. The maximum atomic E-state index is 13.8. The van der Waals surface area contributed by atoms with Crippen molar-refractivity contribution in [3.8, 4) is 11.3 Å². The number of halogens is 2. The minimum atomic E-state index is -3.72. The highest BCUT2D eigenvalue weighted by Crippen LogP contribution is 2.24. The molecule has 0 saturated heterocycles. The predicted molar refractivity (Wildman–Crippen MR) is 113 cm³/mol. The topological polar surface area (TPSA) is 122 Å². The quantitative estimate of drug-likeness (QED) is 0.503. The van der Waals surface area contributed by atoms with Gasteiger partial charge in [0, 0.05) is 38.6 Å². The Labute approximate surface area is 188 Å². The van der Waals surface area contributed by atoms with Crippen LogP contribution in [0.4, 0.5) is 8.78 Å². The van der Waals surface area contributed by atoms with E-state index in [1.807, 2.05) is 0 Å². The number of hydrazine groups is 1. The molecule has 0 fully saturated rings. The van der Waals surface area contributed by atoms with Gasteiger partial charge in [-0.25, -0.2) is 26.5 Å². The highest BCUT2D eigenvalue weighted by molar-refractivity contribution is 7.89. The van der Waals surface area contributed by atoms with Crippen molar-refractivity contribution in [1.82, 2.24) is 20.1 Å². The van der Waals surface area contributed by atoms with Gasteiger partial charge in [-0.2, -0.15) is 0 Å². The molecule has 3 rings (SSSR count). The first-order chi connectivity index (χ1) is 15.6. The summed E-state index contributed by atoms with van der Waals surface area (Å²) in [4.78, 5) is 28.2. The van der Waals surface area contributed by atoms with Gasteiger partial charge in [-0.05, 0) is 30.3 Å². The standard InChI is InChI=1S/C21H20F2N4O5S/c1-27(2)33(30,31)15-5-3-4-13(10-15)21(29)26-25-19(28)8-9-20-24-12-18(32-20)16-7-6-14(22)11-17(16)23/h3-7,10-12H,8-9H2,1-2H3,(H,25,28)(H,26,29). The number of oxazole rings is 1. The van der Waals surface area contributed by atoms with E-state index in [9.17, 15) is 26.8 Å². The average Bonchev–Trinajstić information content (AvgIpc) is 3.24. The van der Waals surface area contributed by atoms with Gasteiger partial charge in [0.15, 0.2) is 11.7 Å². The number of sulfonamides is 1. The SMILES string of the molecule is CN(C)S(=O)(=O)c1cccc(C(=O)NNC(=O)CCc2ncc(-c3ccc(F)cc3F)o2)c1. The largest absolute Gasteiger partial charge is 0.441 e. The number of aryl methyl sites for hydroxylation is 1. The first kappa shape index (κ1) is 24.0. The molecule has 0 unspecified atom stereocenters. The van der Waals surface area contributed by atoms with Crippen molar-refractivity contribution >= 4 is 21.8 Å². The van der Waals surface area contributed by atoms with E-state index in [0.29, 0.717) is 0 Å². The summed E-state index contributed by atoms with van der Waals surface area (Å²) in [6, 6.07) is 8.39. The maximum absolute atomic E-state index is 13.8. The molecule has 0 spiro atoms. The van der Waals surface area contributed by atoms with Crippen LogP contribution >= 0.6 is 0 Å². The Hall–Kier alpha value is -3.64. The van der Waals surface area contributed by atoms with Crippen molar-refractivity contribution in [2.75, 3.05) is 14.1 Å². The van der Waals surface area contributed by atoms with Gasteiger partial charge in [0.2, 0.25) is 15.9 Å². The Morgan fingerprint density at radius 2 is 1.85 bits per heavy atom. The van der Waals surface area contributed by atoms with Gasteiger partial charge in [0.1, 0.15) is 11.6 Å². The number of amides is 2. The van der Waals surface area contributed by atoms with Crippen molar-refractivity contribution in [2.45, 2.75) is 17.7 Å². The van der Waals surface area contributed by atoms with Crippen LogP contribution in [0.15, 0.2) is 58.0 Å². The lowest BCUT2D eigenvalue weighted by molar-refractivity contribution is -0.121. The second kappa shape index (κ2) is 9.88. The maximum Gasteiger partial charge on any atom is 0.269 e. The Morgan fingerprint density at radius 3 is 2.55 bits per heavy atom. The summed E-state index contributed by atoms with van der Waals surface area (Å²) < 4.78 is 57.7. The molecule has 0 bridgehead atoms. The number of nitrogens with one attached hydrogen (secondary N) is 2. The smallest absolute Gasteiger partial charge is 0.269 e. The summed E-state index contributed by atoms with van der Waals surface area (Å²) in [7, 11) is -0.979. The molecule has 174 valence electrons. The van der Waals surface area contributed by atoms with Gasteiger partial charge in [0.25, 0.3) is 5.91 Å². The highest BCUT2D eigenvalue weighted by Gasteiger charge is 2.19. The first-order valence-electron chi connectivity index (χ1n) is 9.60. The fraction of sp³-hybridized carbons (Fsp3) is 0.190. The van der Waals surface area contributed by atoms with Gasteiger partial charge >= 0.3 is 0 Å². The van der Waals surface area contributed by atoms with E-state index in [0.717, 1.165) is 16.4 Å². The molecule has 3 aromatic rings. The molecular weight excluding hydrogens is 458 g/mol. The Morgan fingerprint density at radius 1 is 1.09 bits per heavy atom. The minimum absolute atomic E-state index is 0.0328. The normalized spacial score (nSPS) is 11.4. The van der Waals surface area contributed by atoms with Crippen molar-refractivity contribution < 1.29 is 31.2 Å². The summed E-state index contributed by atoms with van der Waals surface area (Å²) in [5, 5.41) is 0. The lowest BCUT2D eigenvalue weighted by atomic mass is 10.2. The highest BCUT2D eigenvalue weighted by atomic mass is 32.2. The third kappa shape index (κ3) is 5.79. The third-order valence-corrected chi connectivity index (χ3v) is 6.32. The second-order valence-electron chi connectivity index (χ2n) is 7.06. The van der Waals surface area contributed by atoms with Gasteiger partial charge in [-0.1, -0.05) is 6.07 Å². The number of hydrogen-bond donors (Lipinski definition) is 2. The number of nitrogens with zero attached hydrogens (tertiary/aromatic N) is 2. The summed E-state index contributed by atoms with van der Waals surface area (Å²) in [6.45, 7) is 0. The number of carbonyl (C=O) groups is 2. The average molecular weight is 478 g/mol. The molecule has 0 saturated carbocycles. The molecule has 0 aliphatic rings. The summed E-state index contributed by atoms with van der Waals surface area (Å²) in [6.07, 6.45) is 1.21. The van der Waals surface area contributed by atoms with E-state index in [4.69, 9.17) is 4.42 Å². The summed E-state index contributed by atoms with van der Waals surface area (Å²) in [5.41, 5.74) is 4.49. The molecule has 0 aliphatic heterocycles. The van der Waals surface area contributed by atoms with E-state index in [2.05, 4.69) is 15.8 Å². The van der Waals surface area contributed by atoms with Crippen LogP contribution in [-0.4, -0.2) is 43.6 Å². The van der Waals surface area contributed by atoms with Crippen LogP contribution in [0.1, 0.15) is 22.7 Å². The molecule has 0 atom stereocenters. The Bertz CT molecular complexity index is 1290. The van der Waals surface area contributed by atoms with Crippen LogP contribution in [0.2, 0.25) is 0 Å². The zero-order valence-corrected chi connectivity index (χ0v) is 18.4. The zero-order chi connectivity index (χ0) is 24.2. The molecule has 9 nitrogen and oxygen atoms in total. The van der Waals surface area contributed by atoms with E-state index in [-0.39, 0.29) is 40.5 Å². The number of aromatic nitrogens is 1. The van der Waals surface area contributed by atoms with Crippen molar-refractivity contribution in [3.05, 3.63) is 71.8 Å². The van der Waals surface area contributed by atoms with Crippen LogP contribution < -0.4 is 10.9 Å². The van der Waals surface area contributed by atoms with Crippen LogP contribution in [0.3, 0.4) is 0 Å². The van der Waals surface area contributed by atoms with Gasteiger partial charge in [0.05, 0.1) is 16.7 Å². The Balaban J connectivity index is 1.54.